The van der Waals surface area contributed by atoms with E-state index in [-0.39, 0.29) is 0 Å². The quantitative estimate of drug-likeness (QED) is 0.805. The fourth-order valence-corrected chi connectivity index (χ4v) is 2.50. The summed E-state index contributed by atoms with van der Waals surface area (Å²) in [5, 5.41) is 6.92. The van der Waals surface area contributed by atoms with Crippen molar-refractivity contribution in [3.63, 3.8) is 0 Å². The first-order chi connectivity index (χ1) is 8.45. The molecule has 0 spiro atoms. The van der Waals surface area contributed by atoms with Crippen LogP contribution in [0.15, 0.2) is 12.1 Å². The van der Waals surface area contributed by atoms with Gasteiger partial charge in [0.1, 0.15) is 0 Å². The lowest BCUT2D eigenvalue weighted by Gasteiger charge is -2.23. The molecule has 2 nitrogen and oxygen atoms in total. The monoisotopic (exact) mass is 248 g/mol. The Hall–Kier alpha value is -1.02. The standard InChI is InChI=1S/C16H28N2/c1-11(2)15(9-17-6)10-18-16-13(4)7-12(3)8-14(16)5/h7-8,11,15,17-18H,9-10H2,1-6H3. The third-order valence-electron chi connectivity index (χ3n) is 3.63. The van der Waals surface area contributed by atoms with E-state index in [1.165, 1.54) is 22.4 Å². The third-order valence-corrected chi connectivity index (χ3v) is 3.63. The van der Waals surface area contributed by atoms with E-state index < -0.39 is 0 Å². The zero-order valence-electron chi connectivity index (χ0n) is 12.7. The molecule has 0 radical (unpaired) electrons. The number of benzene rings is 1. The van der Waals surface area contributed by atoms with Gasteiger partial charge in [0, 0.05) is 12.2 Å². The summed E-state index contributed by atoms with van der Waals surface area (Å²) >= 11 is 0. The van der Waals surface area contributed by atoms with Crippen LogP contribution in [0.3, 0.4) is 0 Å². The maximum absolute atomic E-state index is 3.63. The van der Waals surface area contributed by atoms with Crippen LogP contribution in [0.4, 0.5) is 5.69 Å². The van der Waals surface area contributed by atoms with E-state index in [0.29, 0.717) is 11.8 Å². The van der Waals surface area contributed by atoms with Crippen LogP contribution in [0.2, 0.25) is 0 Å². The number of nitrogens with one attached hydrogen (secondary N) is 2. The summed E-state index contributed by atoms with van der Waals surface area (Å²) in [6, 6.07) is 4.50. The summed E-state index contributed by atoms with van der Waals surface area (Å²) in [5.41, 5.74) is 5.34. The van der Waals surface area contributed by atoms with Gasteiger partial charge in [0.15, 0.2) is 0 Å². The smallest absolute Gasteiger partial charge is 0.0399 e. The molecule has 0 aliphatic rings. The van der Waals surface area contributed by atoms with E-state index in [2.05, 4.69) is 57.4 Å². The van der Waals surface area contributed by atoms with Gasteiger partial charge in [-0.2, -0.15) is 0 Å². The Morgan fingerprint density at radius 1 is 1.00 bits per heavy atom. The molecule has 0 aliphatic carbocycles. The molecule has 2 N–H and O–H groups in total. The highest BCUT2D eigenvalue weighted by molar-refractivity contribution is 5.58. The van der Waals surface area contributed by atoms with Crippen LogP contribution < -0.4 is 10.6 Å². The second-order valence-corrected chi connectivity index (χ2v) is 5.72. The van der Waals surface area contributed by atoms with Crippen LogP contribution in [0.5, 0.6) is 0 Å². The lowest BCUT2D eigenvalue weighted by molar-refractivity contribution is 0.390. The Labute approximate surface area is 112 Å². The van der Waals surface area contributed by atoms with Crippen molar-refractivity contribution in [2.45, 2.75) is 34.6 Å². The largest absolute Gasteiger partial charge is 0.384 e. The molecular weight excluding hydrogens is 220 g/mol. The van der Waals surface area contributed by atoms with Crippen LogP contribution >= 0.6 is 0 Å². The van der Waals surface area contributed by atoms with Crippen molar-refractivity contribution in [3.05, 3.63) is 28.8 Å². The minimum absolute atomic E-state index is 0.662. The van der Waals surface area contributed by atoms with Crippen molar-refractivity contribution in [1.29, 1.82) is 0 Å². The summed E-state index contributed by atoms with van der Waals surface area (Å²) in [6.45, 7) is 13.2. The summed E-state index contributed by atoms with van der Waals surface area (Å²) in [6.07, 6.45) is 0. The van der Waals surface area contributed by atoms with E-state index in [4.69, 9.17) is 0 Å². The number of hydrogen-bond donors (Lipinski definition) is 2. The third kappa shape index (κ3) is 4.02. The maximum atomic E-state index is 3.63. The molecule has 0 fully saturated rings. The fraction of sp³-hybridized carbons (Fsp3) is 0.625. The minimum atomic E-state index is 0.662. The first-order valence-corrected chi connectivity index (χ1v) is 6.92. The lowest BCUT2D eigenvalue weighted by atomic mass is 9.95. The predicted molar refractivity (Wildman–Crippen MR) is 81.4 cm³/mol. The van der Waals surface area contributed by atoms with Crippen molar-refractivity contribution < 1.29 is 0 Å². The van der Waals surface area contributed by atoms with Crippen LogP contribution in [0, 0.1) is 32.6 Å². The molecule has 1 atom stereocenters. The normalized spacial score (nSPS) is 12.8. The van der Waals surface area contributed by atoms with E-state index in [1.807, 2.05) is 7.05 Å². The molecule has 0 aliphatic heterocycles. The van der Waals surface area contributed by atoms with Gasteiger partial charge in [-0.3, -0.25) is 0 Å². The van der Waals surface area contributed by atoms with Crippen molar-refractivity contribution >= 4 is 5.69 Å². The first-order valence-electron chi connectivity index (χ1n) is 6.92. The van der Waals surface area contributed by atoms with Gasteiger partial charge in [-0.1, -0.05) is 31.5 Å². The summed E-state index contributed by atoms with van der Waals surface area (Å²) in [7, 11) is 2.03. The Morgan fingerprint density at radius 3 is 2.00 bits per heavy atom. The van der Waals surface area contributed by atoms with Gasteiger partial charge in [-0.15, -0.1) is 0 Å². The summed E-state index contributed by atoms with van der Waals surface area (Å²) in [5.74, 6) is 1.35. The molecule has 0 bridgehead atoms. The molecule has 0 aromatic heterocycles. The van der Waals surface area contributed by atoms with E-state index in [0.717, 1.165) is 13.1 Å². The molecule has 0 heterocycles. The number of anilines is 1. The number of rotatable bonds is 6. The summed E-state index contributed by atoms with van der Waals surface area (Å²) in [4.78, 5) is 0. The van der Waals surface area contributed by atoms with E-state index in [9.17, 15) is 0 Å². The van der Waals surface area contributed by atoms with Crippen molar-refractivity contribution in [1.82, 2.24) is 5.32 Å². The zero-order valence-corrected chi connectivity index (χ0v) is 12.7. The highest BCUT2D eigenvalue weighted by atomic mass is 14.9. The second-order valence-electron chi connectivity index (χ2n) is 5.72. The van der Waals surface area contributed by atoms with Crippen LogP contribution in [-0.4, -0.2) is 20.1 Å². The Kier molecular flexibility index (Phi) is 5.67. The number of hydrogen-bond acceptors (Lipinski definition) is 2. The molecule has 0 saturated carbocycles. The van der Waals surface area contributed by atoms with Gasteiger partial charge in [0.2, 0.25) is 0 Å². The average Bonchev–Trinajstić information content (AvgIpc) is 2.25. The van der Waals surface area contributed by atoms with Crippen molar-refractivity contribution in [3.8, 4) is 0 Å². The molecular formula is C16H28N2. The molecule has 18 heavy (non-hydrogen) atoms. The van der Waals surface area contributed by atoms with Crippen molar-refractivity contribution in [2.75, 3.05) is 25.5 Å². The van der Waals surface area contributed by atoms with Gasteiger partial charge < -0.3 is 10.6 Å². The highest BCUT2D eigenvalue weighted by Gasteiger charge is 2.13. The molecule has 1 aromatic carbocycles. The SMILES string of the molecule is CNCC(CNc1c(C)cc(C)cc1C)C(C)C. The zero-order chi connectivity index (χ0) is 13.7. The molecule has 2 heteroatoms. The Bertz CT molecular complexity index is 360. The predicted octanol–water partition coefficient (Wildman–Crippen LogP) is 3.52. The van der Waals surface area contributed by atoms with Gasteiger partial charge in [-0.05, 0) is 57.3 Å². The molecule has 1 aromatic rings. The fourth-order valence-electron chi connectivity index (χ4n) is 2.50. The molecule has 102 valence electrons. The number of aryl methyl sites for hydroxylation is 3. The van der Waals surface area contributed by atoms with Crippen LogP contribution in [-0.2, 0) is 0 Å². The molecule has 1 rings (SSSR count). The molecule has 0 saturated heterocycles. The van der Waals surface area contributed by atoms with Gasteiger partial charge >= 0.3 is 0 Å². The Balaban J connectivity index is 2.73. The minimum Gasteiger partial charge on any atom is -0.384 e. The van der Waals surface area contributed by atoms with Gasteiger partial charge in [0.05, 0.1) is 0 Å². The maximum Gasteiger partial charge on any atom is 0.0399 e. The average molecular weight is 248 g/mol. The van der Waals surface area contributed by atoms with E-state index >= 15 is 0 Å². The second kappa shape index (κ2) is 6.79. The lowest BCUT2D eigenvalue weighted by Crippen LogP contribution is -2.29. The van der Waals surface area contributed by atoms with E-state index in [1.54, 1.807) is 0 Å². The van der Waals surface area contributed by atoms with Gasteiger partial charge in [-0.25, -0.2) is 0 Å². The first kappa shape index (κ1) is 15.0. The van der Waals surface area contributed by atoms with Crippen LogP contribution in [0.25, 0.3) is 0 Å². The Morgan fingerprint density at radius 2 is 1.56 bits per heavy atom. The van der Waals surface area contributed by atoms with Crippen molar-refractivity contribution in [2.24, 2.45) is 11.8 Å². The summed E-state index contributed by atoms with van der Waals surface area (Å²) < 4.78 is 0. The topological polar surface area (TPSA) is 24.1 Å². The molecule has 0 amide bonds. The van der Waals surface area contributed by atoms with Crippen LogP contribution in [0.1, 0.15) is 30.5 Å². The highest BCUT2D eigenvalue weighted by Crippen LogP contribution is 2.23. The molecule has 1 unspecified atom stereocenters. The van der Waals surface area contributed by atoms with Gasteiger partial charge in [0.25, 0.3) is 0 Å².